The normalized spacial score (nSPS) is 10.8. The number of aliphatic hydroxyl groups excluding tert-OH is 1. The zero-order valence-electron chi connectivity index (χ0n) is 12.7. The molecule has 0 spiro atoms. The number of aliphatic hydroxyl groups is 1. The first-order valence-electron chi connectivity index (χ1n) is 7.01. The molecule has 0 fully saturated rings. The number of aryl methyl sites for hydroxylation is 1. The van der Waals surface area contributed by atoms with Crippen molar-refractivity contribution in [2.45, 2.75) is 23.6 Å². The van der Waals surface area contributed by atoms with Gasteiger partial charge in [0, 0.05) is 22.2 Å². The molecule has 0 aliphatic rings. The number of anilines is 2. The van der Waals surface area contributed by atoms with Crippen LogP contribution in [0.25, 0.3) is 0 Å². The Hall–Kier alpha value is -2.36. The van der Waals surface area contributed by atoms with Gasteiger partial charge in [-0.15, -0.1) is 11.3 Å². The number of carbonyl (C=O) groups excluding carboxylic acids is 1. The van der Waals surface area contributed by atoms with Crippen molar-refractivity contribution in [1.82, 2.24) is 15.0 Å². The number of nitrogen functional groups attached to an aromatic ring is 1. The van der Waals surface area contributed by atoms with E-state index in [0.717, 1.165) is 15.7 Å². The molecule has 2 aromatic heterocycles. The summed E-state index contributed by atoms with van der Waals surface area (Å²) >= 11 is 2.66. The Morgan fingerprint density at radius 1 is 1.46 bits per heavy atom. The van der Waals surface area contributed by atoms with Gasteiger partial charge in [-0.3, -0.25) is 10.1 Å². The lowest BCUT2D eigenvalue weighted by Crippen LogP contribution is -2.14. The summed E-state index contributed by atoms with van der Waals surface area (Å²) in [7, 11) is 0. The van der Waals surface area contributed by atoms with Crippen molar-refractivity contribution in [3.05, 3.63) is 46.7 Å². The van der Waals surface area contributed by atoms with Crippen molar-refractivity contribution < 1.29 is 9.90 Å². The minimum Gasteiger partial charge on any atom is -0.398 e. The summed E-state index contributed by atoms with van der Waals surface area (Å²) in [5.74, 6) is -0.343. The van der Waals surface area contributed by atoms with Gasteiger partial charge in [0.25, 0.3) is 5.91 Å². The molecule has 0 saturated heterocycles. The number of benzene rings is 1. The van der Waals surface area contributed by atoms with Gasteiger partial charge in [-0.2, -0.15) is 0 Å². The van der Waals surface area contributed by atoms with Crippen molar-refractivity contribution in [3.63, 3.8) is 0 Å². The first-order valence-corrected chi connectivity index (χ1v) is 8.71. The van der Waals surface area contributed by atoms with Gasteiger partial charge in [-0.25, -0.2) is 9.97 Å². The van der Waals surface area contributed by atoms with Gasteiger partial charge in [0.2, 0.25) is 0 Å². The second kappa shape index (κ2) is 7.04. The summed E-state index contributed by atoms with van der Waals surface area (Å²) in [5, 5.41) is 14.6. The number of hydrogen-bond acceptors (Lipinski definition) is 7. The summed E-state index contributed by atoms with van der Waals surface area (Å²) < 4.78 is 0. The van der Waals surface area contributed by atoms with Gasteiger partial charge in [-0.1, -0.05) is 11.8 Å². The van der Waals surface area contributed by atoms with E-state index in [1.54, 1.807) is 17.5 Å². The molecule has 0 aliphatic heterocycles. The van der Waals surface area contributed by atoms with Crippen LogP contribution in [-0.2, 0) is 6.61 Å². The summed E-state index contributed by atoms with van der Waals surface area (Å²) in [6.45, 7) is 1.74. The standard InChI is InChI=1S/C15H15N5O2S2/c1-8-5-17-14(18-8)24-10-2-3-12(16)11(4-10)13(22)20-15-19-9(6-21)7-23-15/h2-5,7,21H,6,16H2,1H3,(H,17,18)(H,19,20,22). The van der Waals surface area contributed by atoms with Gasteiger partial charge in [-0.05, 0) is 25.1 Å². The lowest BCUT2D eigenvalue weighted by Gasteiger charge is -2.07. The van der Waals surface area contributed by atoms with E-state index in [1.165, 1.54) is 23.1 Å². The second-order valence-corrected chi connectivity index (χ2v) is 6.87. The number of nitrogens with zero attached hydrogens (tertiary/aromatic N) is 2. The Balaban J connectivity index is 1.78. The molecule has 0 aliphatic carbocycles. The van der Waals surface area contributed by atoms with E-state index < -0.39 is 0 Å². The number of hydrogen-bond donors (Lipinski definition) is 4. The second-order valence-electron chi connectivity index (χ2n) is 4.95. The van der Waals surface area contributed by atoms with Crippen molar-refractivity contribution in [1.29, 1.82) is 0 Å². The number of carbonyl (C=O) groups is 1. The molecule has 0 atom stereocenters. The van der Waals surface area contributed by atoms with Crippen LogP contribution in [0.2, 0.25) is 0 Å². The topological polar surface area (TPSA) is 117 Å². The number of amides is 1. The first-order chi connectivity index (χ1) is 11.5. The maximum absolute atomic E-state index is 12.4. The molecule has 0 unspecified atom stereocenters. The van der Waals surface area contributed by atoms with Crippen LogP contribution in [0.1, 0.15) is 21.7 Å². The van der Waals surface area contributed by atoms with Crippen molar-refractivity contribution in [3.8, 4) is 0 Å². The van der Waals surface area contributed by atoms with Gasteiger partial charge in [0.15, 0.2) is 10.3 Å². The van der Waals surface area contributed by atoms with Gasteiger partial charge >= 0.3 is 0 Å². The molecule has 3 rings (SSSR count). The quantitative estimate of drug-likeness (QED) is 0.519. The lowest BCUT2D eigenvalue weighted by molar-refractivity contribution is 0.102. The third-order valence-electron chi connectivity index (χ3n) is 3.10. The van der Waals surface area contributed by atoms with E-state index in [2.05, 4.69) is 20.3 Å². The number of aromatic nitrogens is 3. The number of H-pyrrole nitrogens is 1. The SMILES string of the molecule is Cc1c[nH]c(Sc2ccc(N)c(C(=O)Nc3nc(CO)cs3)c2)n1. The number of thiazole rings is 1. The monoisotopic (exact) mass is 361 g/mol. The third-order valence-corrected chi connectivity index (χ3v) is 4.80. The zero-order valence-corrected chi connectivity index (χ0v) is 14.4. The molecular weight excluding hydrogens is 346 g/mol. The van der Waals surface area contributed by atoms with Crippen LogP contribution in [0, 0.1) is 6.92 Å². The molecule has 0 saturated carbocycles. The Bertz CT molecular complexity index is 874. The molecule has 24 heavy (non-hydrogen) atoms. The maximum atomic E-state index is 12.4. The predicted molar refractivity (Wildman–Crippen MR) is 94.3 cm³/mol. The van der Waals surface area contributed by atoms with Crippen molar-refractivity contribution >= 4 is 39.8 Å². The maximum Gasteiger partial charge on any atom is 0.259 e. The van der Waals surface area contributed by atoms with E-state index in [-0.39, 0.29) is 12.5 Å². The molecule has 124 valence electrons. The fraction of sp³-hybridized carbons (Fsp3) is 0.133. The highest BCUT2D eigenvalue weighted by Gasteiger charge is 2.14. The number of nitrogens with one attached hydrogen (secondary N) is 2. The molecule has 5 N–H and O–H groups in total. The molecule has 0 radical (unpaired) electrons. The highest BCUT2D eigenvalue weighted by Crippen LogP contribution is 2.28. The van der Waals surface area contributed by atoms with E-state index in [4.69, 9.17) is 10.8 Å². The van der Waals surface area contributed by atoms with Crippen LogP contribution >= 0.6 is 23.1 Å². The van der Waals surface area contributed by atoms with Crippen LogP contribution in [-0.4, -0.2) is 26.0 Å². The van der Waals surface area contributed by atoms with Crippen molar-refractivity contribution in [2.75, 3.05) is 11.1 Å². The molecule has 0 bridgehead atoms. The molecule has 2 heterocycles. The third kappa shape index (κ3) is 3.75. The van der Waals surface area contributed by atoms with Crippen LogP contribution in [0.5, 0.6) is 0 Å². The fourth-order valence-corrected chi connectivity index (χ4v) is 3.49. The van der Waals surface area contributed by atoms with Crippen LogP contribution in [0.3, 0.4) is 0 Å². The highest BCUT2D eigenvalue weighted by molar-refractivity contribution is 7.99. The van der Waals surface area contributed by atoms with E-state index >= 15 is 0 Å². The van der Waals surface area contributed by atoms with E-state index in [1.807, 2.05) is 19.2 Å². The van der Waals surface area contributed by atoms with Crippen LogP contribution in [0.15, 0.2) is 39.8 Å². The first kappa shape index (κ1) is 16.5. The van der Waals surface area contributed by atoms with E-state index in [9.17, 15) is 4.79 Å². The van der Waals surface area contributed by atoms with E-state index in [0.29, 0.717) is 22.1 Å². The number of rotatable bonds is 5. The van der Waals surface area contributed by atoms with Crippen LogP contribution < -0.4 is 11.1 Å². The van der Waals surface area contributed by atoms with Crippen LogP contribution in [0.4, 0.5) is 10.8 Å². The Labute approximate surface area is 146 Å². The number of aromatic amines is 1. The minimum atomic E-state index is -0.343. The average molecular weight is 361 g/mol. The largest absolute Gasteiger partial charge is 0.398 e. The molecule has 1 aromatic carbocycles. The smallest absolute Gasteiger partial charge is 0.259 e. The Kier molecular flexibility index (Phi) is 4.84. The Morgan fingerprint density at radius 2 is 2.29 bits per heavy atom. The summed E-state index contributed by atoms with van der Waals surface area (Å²) in [4.78, 5) is 24.7. The van der Waals surface area contributed by atoms with Gasteiger partial charge < -0.3 is 15.8 Å². The zero-order chi connectivity index (χ0) is 17.1. The summed E-state index contributed by atoms with van der Waals surface area (Å²) in [6, 6.07) is 5.24. The van der Waals surface area contributed by atoms with Gasteiger partial charge in [0.1, 0.15) is 0 Å². The molecule has 7 nitrogen and oxygen atoms in total. The number of imidazole rings is 1. The minimum absolute atomic E-state index is 0.163. The molecule has 9 heteroatoms. The highest BCUT2D eigenvalue weighted by atomic mass is 32.2. The fourth-order valence-electron chi connectivity index (χ4n) is 1.95. The summed E-state index contributed by atoms with van der Waals surface area (Å²) in [5.41, 5.74) is 8.08. The van der Waals surface area contributed by atoms with Crippen molar-refractivity contribution in [2.24, 2.45) is 0 Å². The Morgan fingerprint density at radius 3 is 2.96 bits per heavy atom. The lowest BCUT2D eigenvalue weighted by atomic mass is 10.1. The molecular formula is C15H15N5O2S2. The molecule has 3 aromatic rings. The summed E-state index contributed by atoms with van der Waals surface area (Å²) in [6.07, 6.45) is 1.81. The average Bonchev–Trinajstić information content (AvgIpc) is 3.18. The number of nitrogens with two attached hydrogens (primary N) is 1. The predicted octanol–water partition coefficient (Wildman–Crippen LogP) is 2.65. The van der Waals surface area contributed by atoms with Gasteiger partial charge in [0.05, 0.1) is 23.6 Å². The molecule has 1 amide bonds.